The van der Waals surface area contributed by atoms with Crippen LogP contribution in [0.5, 0.6) is 0 Å². The van der Waals surface area contributed by atoms with E-state index in [1.54, 1.807) is 0 Å². The lowest BCUT2D eigenvalue weighted by Gasteiger charge is -2.16. The third kappa shape index (κ3) is 12.3. The normalized spacial score (nSPS) is 14.1. The molecule has 0 amide bonds. The summed E-state index contributed by atoms with van der Waals surface area (Å²) in [7, 11) is 0. The van der Waals surface area contributed by atoms with Crippen LogP contribution in [0.4, 0.5) is 4.79 Å². The van der Waals surface area contributed by atoms with E-state index in [1.807, 2.05) is 0 Å². The lowest BCUT2D eigenvalue weighted by atomic mass is 9.93. The molecule has 20 heavy (non-hydrogen) atoms. The van der Waals surface area contributed by atoms with Gasteiger partial charge in [0.05, 0.1) is 13.2 Å². The molecule has 0 aliphatic carbocycles. The predicted molar refractivity (Wildman–Crippen MR) is 80.6 cm³/mol. The van der Waals surface area contributed by atoms with Gasteiger partial charge in [0.15, 0.2) is 0 Å². The van der Waals surface area contributed by atoms with E-state index in [0.29, 0.717) is 12.5 Å². The first-order valence-electron chi connectivity index (χ1n) is 7.86. The molecule has 120 valence electrons. The van der Waals surface area contributed by atoms with Crippen molar-refractivity contribution in [2.24, 2.45) is 17.8 Å². The molecule has 0 rings (SSSR count). The molecule has 0 saturated carbocycles. The molecule has 0 bridgehead atoms. The van der Waals surface area contributed by atoms with Gasteiger partial charge in [-0.25, -0.2) is 4.79 Å². The zero-order valence-corrected chi connectivity index (χ0v) is 13.6. The molecule has 0 heterocycles. The van der Waals surface area contributed by atoms with Gasteiger partial charge in [0.1, 0.15) is 6.61 Å². The standard InChI is InChI=1S/C16H32O4/c1-13(2)6-5-7-14(3)8-9-15(4)12-20-16(18)19-11-10-17/h13-15,17H,5-12H2,1-4H3. The highest BCUT2D eigenvalue weighted by Gasteiger charge is 2.10. The second-order valence-corrected chi connectivity index (χ2v) is 6.25. The third-order valence-electron chi connectivity index (χ3n) is 3.43. The van der Waals surface area contributed by atoms with Crippen LogP contribution >= 0.6 is 0 Å². The molecule has 2 unspecified atom stereocenters. The summed E-state index contributed by atoms with van der Waals surface area (Å²) in [6, 6.07) is 0. The Morgan fingerprint density at radius 1 is 0.950 bits per heavy atom. The SMILES string of the molecule is CC(C)CCCC(C)CCC(C)COC(=O)OCCO. The summed E-state index contributed by atoms with van der Waals surface area (Å²) in [5, 5.41) is 8.51. The largest absolute Gasteiger partial charge is 0.508 e. The van der Waals surface area contributed by atoms with E-state index in [2.05, 4.69) is 32.4 Å². The maximum Gasteiger partial charge on any atom is 0.508 e. The van der Waals surface area contributed by atoms with Crippen LogP contribution in [0.2, 0.25) is 0 Å². The van der Waals surface area contributed by atoms with Crippen molar-refractivity contribution in [3.8, 4) is 0 Å². The van der Waals surface area contributed by atoms with Crippen LogP contribution in [0.15, 0.2) is 0 Å². The number of aliphatic hydroxyl groups excluding tert-OH is 1. The molecule has 0 spiro atoms. The smallest absolute Gasteiger partial charge is 0.434 e. The quantitative estimate of drug-likeness (QED) is 0.584. The fraction of sp³-hybridized carbons (Fsp3) is 0.938. The molecule has 0 aromatic heterocycles. The van der Waals surface area contributed by atoms with E-state index in [4.69, 9.17) is 9.84 Å². The fourth-order valence-corrected chi connectivity index (χ4v) is 2.05. The first-order valence-corrected chi connectivity index (χ1v) is 7.86. The number of hydrogen-bond acceptors (Lipinski definition) is 4. The lowest BCUT2D eigenvalue weighted by molar-refractivity contribution is 0.0344. The van der Waals surface area contributed by atoms with Crippen molar-refractivity contribution in [3.63, 3.8) is 0 Å². The second kappa shape index (κ2) is 12.0. The summed E-state index contributed by atoms with van der Waals surface area (Å²) in [4.78, 5) is 11.1. The predicted octanol–water partition coefficient (Wildman–Crippen LogP) is 4.01. The molecule has 0 aliphatic heterocycles. The van der Waals surface area contributed by atoms with Crippen molar-refractivity contribution >= 4 is 6.16 Å². The maximum atomic E-state index is 11.1. The van der Waals surface area contributed by atoms with Gasteiger partial charge in [0.25, 0.3) is 0 Å². The average molecular weight is 288 g/mol. The summed E-state index contributed by atoms with van der Waals surface area (Å²) in [6.07, 6.45) is 5.45. The van der Waals surface area contributed by atoms with Crippen molar-refractivity contribution in [3.05, 3.63) is 0 Å². The van der Waals surface area contributed by atoms with Crippen molar-refractivity contribution < 1.29 is 19.4 Å². The molecule has 2 atom stereocenters. The van der Waals surface area contributed by atoms with Gasteiger partial charge in [0, 0.05) is 0 Å². The minimum atomic E-state index is -0.684. The van der Waals surface area contributed by atoms with Gasteiger partial charge >= 0.3 is 6.16 Å². The summed E-state index contributed by atoms with van der Waals surface area (Å²) in [5.41, 5.74) is 0. The van der Waals surface area contributed by atoms with Gasteiger partial charge in [-0.15, -0.1) is 0 Å². The molecule has 0 aromatic rings. The Bertz CT molecular complexity index is 241. The minimum Gasteiger partial charge on any atom is -0.434 e. The van der Waals surface area contributed by atoms with Crippen molar-refractivity contribution in [1.29, 1.82) is 0 Å². The number of carbonyl (C=O) groups excluding carboxylic acids is 1. The minimum absolute atomic E-state index is 0.0000988. The molecule has 0 radical (unpaired) electrons. The summed E-state index contributed by atoms with van der Waals surface area (Å²) >= 11 is 0. The van der Waals surface area contributed by atoms with Crippen molar-refractivity contribution in [1.82, 2.24) is 0 Å². The fourth-order valence-electron chi connectivity index (χ4n) is 2.05. The van der Waals surface area contributed by atoms with Gasteiger partial charge in [-0.1, -0.05) is 53.4 Å². The van der Waals surface area contributed by atoms with Crippen molar-refractivity contribution in [2.45, 2.75) is 59.8 Å². The lowest BCUT2D eigenvalue weighted by Crippen LogP contribution is -2.15. The molecular formula is C16H32O4. The second-order valence-electron chi connectivity index (χ2n) is 6.25. The Morgan fingerprint density at radius 3 is 2.20 bits per heavy atom. The van der Waals surface area contributed by atoms with Crippen LogP contribution in [-0.4, -0.2) is 31.1 Å². The highest BCUT2D eigenvalue weighted by molar-refractivity contribution is 5.59. The molecule has 4 heteroatoms. The molecule has 4 nitrogen and oxygen atoms in total. The number of rotatable bonds is 11. The summed E-state index contributed by atoms with van der Waals surface area (Å²) in [5.74, 6) is 1.88. The van der Waals surface area contributed by atoms with E-state index in [-0.39, 0.29) is 13.2 Å². The molecule has 1 N–H and O–H groups in total. The molecular weight excluding hydrogens is 256 g/mol. The van der Waals surface area contributed by atoms with Crippen LogP contribution in [0, 0.1) is 17.8 Å². The highest BCUT2D eigenvalue weighted by atomic mass is 16.7. The van der Waals surface area contributed by atoms with Gasteiger partial charge in [0.2, 0.25) is 0 Å². The Balaban J connectivity index is 3.56. The Kier molecular flexibility index (Phi) is 11.5. The van der Waals surface area contributed by atoms with E-state index in [0.717, 1.165) is 18.3 Å². The molecule has 0 aromatic carbocycles. The van der Waals surface area contributed by atoms with Crippen LogP contribution in [-0.2, 0) is 9.47 Å². The molecule has 0 fully saturated rings. The third-order valence-corrected chi connectivity index (χ3v) is 3.43. The molecule has 0 saturated heterocycles. The first kappa shape index (κ1) is 19.2. The Hall–Kier alpha value is -0.770. The summed E-state index contributed by atoms with van der Waals surface area (Å²) in [6.45, 7) is 9.13. The number of ether oxygens (including phenoxy) is 2. The zero-order valence-electron chi connectivity index (χ0n) is 13.6. The van der Waals surface area contributed by atoms with Crippen LogP contribution in [0.3, 0.4) is 0 Å². The Labute approximate surface area is 123 Å². The maximum absolute atomic E-state index is 11.1. The topological polar surface area (TPSA) is 55.8 Å². The summed E-state index contributed by atoms with van der Waals surface area (Å²) < 4.78 is 9.61. The van der Waals surface area contributed by atoms with Crippen molar-refractivity contribution in [2.75, 3.05) is 19.8 Å². The first-order chi connectivity index (χ1) is 9.45. The van der Waals surface area contributed by atoms with Gasteiger partial charge in [-0.3, -0.25) is 0 Å². The number of hydrogen-bond donors (Lipinski definition) is 1. The van der Waals surface area contributed by atoms with E-state index in [1.165, 1.54) is 25.7 Å². The van der Waals surface area contributed by atoms with E-state index in [9.17, 15) is 4.79 Å². The number of aliphatic hydroxyl groups is 1. The van der Waals surface area contributed by atoms with Crippen LogP contribution < -0.4 is 0 Å². The highest BCUT2D eigenvalue weighted by Crippen LogP contribution is 2.19. The monoisotopic (exact) mass is 288 g/mol. The average Bonchev–Trinajstić information content (AvgIpc) is 2.40. The van der Waals surface area contributed by atoms with E-state index >= 15 is 0 Å². The van der Waals surface area contributed by atoms with Crippen LogP contribution in [0.1, 0.15) is 59.8 Å². The van der Waals surface area contributed by atoms with E-state index < -0.39 is 6.16 Å². The van der Waals surface area contributed by atoms with Gasteiger partial charge in [-0.2, -0.15) is 0 Å². The van der Waals surface area contributed by atoms with Crippen LogP contribution in [0.25, 0.3) is 0 Å². The Morgan fingerprint density at radius 2 is 1.60 bits per heavy atom. The number of carbonyl (C=O) groups is 1. The molecule has 0 aliphatic rings. The van der Waals surface area contributed by atoms with Gasteiger partial charge < -0.3 is 14.6 Å². The van der Waals surface area contributed by atoms with Gasteiger partial charge in [-0.05, 0) is 24.2 Å². The zero-order chi connectivity index (χ0) is 15.4.